The van der Waals surface area contributed by atoms with Crippen molar-refractivity contribution in [1.82, 2.24) is 0 Å². The molecule has 2 rings (SSSR count). The van der Waals surface area contributed by atoms with Crippen LogP contribution in [0.4, 0.5) is 5.69 Å². The van der Waals surface area contributed by atoms with E-state index in [4.69, 9.17) is 0 Å². The Balaban J connectivity index is 2.29. The zero-order chi connectivity index (χ0) is 14.0. The lowest BCUT2D eigenvalue weighted by molar-refractivity contribution is 0.102. The fourth-order valence-electron chi connectivity index (χ4n) is 2.21. The summed E-state index contributed by atoms with van der Waals surface area (Å²) >= 11 is 4.25. The summed E-state index contributed by atoms with van der Waals surface area (Å²) in [6.45, 7) is 6.06. The van der Waals surface area contributed by atoms with E-state index in [1.807, 2.05) is 26.0 Å². The largest absolute Gasteiger partial charge is 0.322 e. The van der Waals surface area contributed by atoms with Gasteiger partial charge in [-0.1, -0.05) is 23.8 Å². The van der Waals surface area contributed by atoms with Crippen molar-refractivity contribution in [1.29, 1.82) is 0 Å². The summed E-state index contributed by atoms with van der Waals surface area (Å²) in [5.41, 5.74) is 4.86. The zero-order valence-electron chi connectivity index (χ0n) is 11.3. The van der Waals surface area contributed by atoms with Gasteiger partial charge in [-0.15, -0.1) is 12.6 Å². The maximum atomic E-state index is 12.2. The molecule has 1 N–H and O–H groups in total. The molecule has 0 aliphatic heterocycles. The number of hydrogen-bond donors (Lipinski definition) is 2. The quantitative estimate of drug-likeness (QED) is 0.789. The van der Waals surface area contributed by atoms with E-state index in [9.17, 15) is 4.79 Å². The van der Waals surface area contributed by atoms with Gasteiger partial charge in [0.25, 0.3) is 5.91 Å². The van der Waals surface area contributed by atoms with Crippen LogP contribution < -0.4 is 5.32 Å². The van der Waals surface area contributed by atoms with Crippen molar-refractivity contribution < 1.29 is 4.79 Å². The van der Waals surface area contributed by atoms with E-state index in [1.54, 1.807) is 12.1 Å². The van der Waals surface area contributed by atoms with Crippen LogP contribution in [0.15, 0.2) is 41.3 Å². The number of thiol groups is 1. The molecule has 0 bridgehead atoms. The number of carbonyl (C=O) groups is 1. The number of benzene rings is 2. The topological polar surface area (TPSA) is 29.1 Å². The summed E-state index contributed by atoms with van der Waals surface area (Å²) in [5, 5.41) is 2.98. The van der Waals surface area contributed by atoms with E-state index < -0.39 is 0 Å². The normalized spacial score (nSPS) is 10.3. The van der Waals surface area contributed by atoms with E-state index in [-0.39, 0.29) is 5.91 Å². The van der Waals surface area contributed by atoms with Gasteiger partial charge in [0.2, 0.25) is 0 Å². The lowest BCUT2D eigenvalue weighted by Crippen LogP contribution is -2.13. The highest BCUT2D eigenvalue weighted by Gasteiger charge is 2.10. The highest BCUT2D eigenvalue weighted by atomic mass is 32.1. The minimum Gasteiger partial charge on any atom is -0.322 e. The van der Waals surface area contributed by atoms with Crippen LogP contribution in [0.1, 0.15) is 27.0 Å². The number of amides is 1. The first-order valence-corrected chi connectivity index (χ1v) is 6.60. The van der Waals surface area contributed by atoms with Crippen LogP contribution in [-0.4, -0.2) is 5.91 Å². The predicted molar refractivity (Wildman–Crippen MR) is 82.3 cm³/mol. The van der Waals surface area contributed by atoms with Gasteiger partial charge in [-0.25, -0.2) is 0 Å². The van der Waals surface area contributed by atoms with Gasteiger partial charge in [0.05, 0.1) is 0 Å². The average molecular weight is 271 g/mol. The van der Waals surface area contributed by atoms with E-state index in [0.717, 1.165) is 21.7 Å². The SMILES string of the molecule is Cc1cc(C)c(NC(=O)c2cccc(S)c2)c(C)c1. The number of nitrogens with one attached hydrogen (secondary N) is 1. The molecule has 0 aliphatic carbocycles. The number of aryl methyl sites for hydroxylation is 3. The molecule has 2 aromatic rings. The monoisotopic (exact) mass is 271 g/mol. The van der Waals surface area contributed by atoms with Gasteiger partial charge >= 0.3 is 0 Å². The molecule has 98 valence electrons. The van der Waals surface area contributed by atoms with E-state index in [2.05, 4.69) is 37.0 Å². The van der Waals surface area contributed by atoms with E-state index in [1.165, 1.54) is 5.56 Å². The second-order valence-corrected chi connectivity index (χ2v) is 5.29. The minimum absolute atomic E-state index is 0.106. The third-order valence-corrected chi connectivity index (χ3v) is 3.30. The molecule has 3 heteroatoms. The Morgan fingerprint density at radius 3 is 2.26 bits per heavy atom. The van der Waals surface area contributed by atoms with Crippen molar-refractivity contribution >= 4 is 24.2 Å². The number of anilines is 1. The third-order valence-electron chi connectivity index (χ3n) is 3.02. The molecular formula is C16H17NOS. The van der Waals surface area contributed by atoms with Crippen LogP contribution in [0.2, 0.25) is 0 Å². The molecule has 1 amide bonds. The Bertz CT molecular complexity index is 611. The Labute approximate surface area is 119 Å². The van der Waals surface area contributed by atoms with E-state index >= 15 is 0 Å². The Morgan fingerprint density at radius 2 is 1.68 bits per heavy atom. The fourth-order valence-corrected chi connectivity index (χ4v) is 2.44. The number of carbonyl (C=O) groups excluding carboxylic acids is 1. The van der Waals surface area contributed by atoms with Crippen molar-refractivity contribution in [2.75, 3.05) is 5.32 Å². The predicted octanol–water partition coefficient (Wildman–Crippen LogP) is 4.15. The molecule has 2 aromatic carbocycles. The molecule has 19 heavy (non-hydrogen) atoms. The zero-order valence-corrected chi connectivity index (χ0v) is 12.2. The molecule has 0 saturated carbocycles. The molecule has 0 atom stereocenters. The first-order chi connectivity index (χ1) is 8.97. The summed E-state index contributed by atoms with van der Waals surface area (Å²) < 4.78 is 0. The van der Waals surface area contributed by atoms with Crippen LogP contribution in [-0.2, 0) is 0 Å². The summed E-state index contributed by atoms with van der Waals surface area (Å²) in [7, 11) is 0. The molecule has 0 unspecified atom stereocenters. The minimum atomic E-state index is -0.106. The summed E-state index contributed by atoms with van der Waals surface area (Å²) in [5.74, 6) is -0.106. The van der Waals surface area contributed by atoms with Crippen molar-refractivity contribution in [2.24, 2.45) is 0 Å². The van der Waals surface area contributed by atoms with Gasteiger partial charge in [0.15, 0.2) is 0 Å². The Hall–Kier alpha value is -1.74. The second-order valence-electron chi connectivity index (χ2n) is 4.78. The van der Waals surface area contributed by atoms with Gasteiger partial charge in [-0.05, 0) is 50.1 Å². The maximum Gasteiger partial charge on any atom is 0.255 e. The van der Waals surface area contributed by atoms with Gasteiger partial charge < -0.3 is 5.32 Å². The number of hydrogen-bond acceptors (Lipinski definition) is 2. The maximum absolute atomic E-state index is 12.2. The van der Waals surface area contributed by atoms with Crippen LogP contribution in [0.25, 0.3) is 0 Å². The van der Waals surface area contributed by atoms with Gasteiger partial charge in [0, 0.05) is 16.1 Å². The number of rotatable bonds is 2. The van der Waals surface area contributed by atoms with Gasteiger partial charge in [-0.3, -0.25) is 4.79 Å². The molecule has 0 spiro atoms. The summed E-state index contributed by atoms with van der Waals surface area (Å²) in [4.78, 5) is 13.0. The van der Waals surface area contributed by atoms with Crippen LogP contribution in [0, 0.1) is 20.8 Å². The smallest absolute Gasteiger partial charge is 0.255 e. The van der Waals surface area contributed by atoms with Crippen LogP contribution in [0.3, 0.4) is 0 Å². The van der Waals surface area contributed by atoms with Crippen molar-refractivity contribution in [3.05, 3.63) is 58.7 Å². The molecule has 0 aromatic heterocycles. The third kappa shape index (κ3) is 3.18. The summed E-state index contributed by atoms with van der Waals surface area (Å²) in [6, 6.07) is 11.4. The van der Waals surface area contributed by atoms with Gasteiger partial charge in [-0.2, -0.15) is 0 Å². The van der Waals surface area contributed by atoms with Crippen LogP contribution >= 0.6 is 12.6 Å². The van der Waals surface area contributed by atoms with Crippen molar-refractivity contribution in [3.63, 3.8) is 0 Å². The van der Waals surface area contributed by atoms with E-state index in [0.29, 0.717) is 5.56 Å². The molecule has 2 nitrogen and oxygen atoms in total. The molecule has 0 saturated heterocycles. The van der Waals surface area contributed by atoms with Crippen molar-refractivity contribution in [2.45, 2.75) is 25.7 Å². The standard InChI is InChI=1S/C16H17NOS/c1-10-7-11(2)15(12(3)8-10)17-16(18)13-5-4-6-14(19)9-13/h4-9,19H,1-3H3,(H,17,18). The lowest BCUT2D eigenvalue weighted by Gasteiger charge is -2.13. The summed E-state index contributed by atoms with van der Waals surface area (Å²) in [6.07, 6.45) is 0. The Morgan fingerprint density at radius 1 is 1.05 bits per heavy atom. The molecule has 0 fully saturated rings. The fraction of sp³-hybridized carbons (Fsp3) is 0.188. The second kappa shape index (κ2) is 5.49. The molecule has 0 heterocycles. The van der Waals surface area contributed by atoms with Gasteiger partial charge in [0.1, 0.15) is 0 Å². The lowest BCUT2D eigenvalue weighted by atomic mass is 10.0. The van der Waals surface area contributed by atoms with Crippen LogP contribution in [0.5, 0.6) is 0 Å². The Kier molecular flexibility index (Phi) is 3.96. The average Bonchev–Trinajstić information content (AvgIpc) is 2.33. The first-order valence-electron chi connectivity index (χ1n) is 6.15. The first kappa shape index (κ1) is 13.7. The molecule has 0 radical (unpaired) electrons. The highest BCUT2D eigenvalue weighted by Crippen LogP contribution is 2.22. The molecule has 0 aliphatic rings. The molecular weight excluding hydrogens is 254 g/mol. The highest BCUT2D eigenvalue weighted by molar-refractivity contribution is 7.80. The van der Waals surface area contributed by atoms with Crippen molar-refractivity contribution in [3.8, 4) is 0 Å².